The van der Waals surface area contributed by atoms with Crippen molar-refractivity contribution in [3.63, 3.8) is 0 Å². The summed E-state index contributed by atoms with van der Waals surface area (Å²) in [6.07, 6.45) is 3.76. The van der Waals surface area contributed by atoms with Gasteiger partial charge in [-0.1, -0.05) is 35.9 Å². The standard InChI is InChI=1S/C25H23ClN4O2/c1-32-20-6-4-5-19(15-20)28-11-13-29(14-12-28)25(31)23-17-30-16-18(9-10-24(30)27-23)21-7-2-3-8-22(21)26/h2-10,15-17H,11-14H2,1H3. The first-order valence-corrected chi connectivity index (χ1v) is 10.9. The second-order valence-corrected chi connectivity index (χ2v) is 8.18. The molecule has 1 saturated heterocycles. The number of hydrogen-bond acceptors (Lipinski definition) is 4. The lowest BCUT2D eigenvalue weighted by Crippen LogP contribution is -2.48. The third-order valence-electron chi connectivity index (χ3n) is 5.84. The van der Waals surface area contributed by atoms with E-state index in [1.54, 1.807) is 13.3 Å². The van der Waals surface area contributed by atoms with E-state index in [1.165, 1.54) is 0 Å². The van der Waals surface area contributed by atoms with Gasteiger partial charge in [0, 0.05) is 60.9 Å². The van der Waals surface area contributed by atoms with Gasteiger partial charge in [0.05, 0.1) is 7.11 Å². The third kappa shape index (κ3) is 3.89. The van der Waals surface area contributed by atoms with Crippen molar-refractivity contribution in [2.45, 2.75) is 0 Å². The van der Waals surface area contributed by atoms with E-state index in [9.17, 15) is 4.79 Å². The zero-order valence-electron chi connectivity index (χ0n) is 17.7. The highest BCUT2D eigenvalue weighted by atomic mass is 35.5. The van der Waals surface area contributed by atoms with Crippen LogP contribution in [0, 0.1) is 0 Å². The summed E-state index contributed by atoms with van der Waals surface area (Å²) in [6, 6.07) is 19.6. The first-order chi connectivity index (χ1) is 15.6. The van der Waals surface area contributed by atoms with Gasteiger partial charge in [0.2, 0.25) is 0 Å². The highest BCUT2D eigenvalue weighted by Gasteiger charge is 2.24. The normalized spacial score (nSPS) is 14.1. The van der Waals surface area contributed by atoms with Crippen LogP contribution in [0.25, 0.3) is 16.8 Å². The Hall–Kier alpha value is -3.51. The molecule has 2 aromatic carbocycles. The van der Waals surface area contributed by atoms with Crippen molar-refractivity contribution in [3.05, 3.63) is 83.8 Å². The molecule has 3 heterocycles. The first kappa shape index (κ1) is 20.4. The lowest BCUT2D eigenvalue weighted by atomic mass is 10.1. The van der Waals surface area contributed by atoms with Gasteiger partial charge in [-0.05, 0) is 35.9 Å². The maximum absolute atomic E-state index is 13.1. The van der Waals surface area contributed by atoms with Crippen LogP contribution < -0.4 is 9.64 Å². The van der Waals surface area contributed by atoms with Crippen LogP contribution in [-0.4, -0.2) is 53.5 Å². The minimum atomic E-state index is -0.0433. The molecule has 1 aliphatic rings. The zero-order valence-corrected chi connectivity index (χ0v) is 18.5. The molecule has 0 saturated carbocycles. The molecule has 2 aromatic heterocycles. The molecule has 1 aliphatic heterocycles. The van der Waals surface area contributed by atoms with Gasteiger partial charge < -0.3 is 18.9 Å². The Labute approximate surface area is 191 Å². The molecule has 0 aliphatic carbocycles. The molecule has 4 aromatic rings. The second-order valence-electron chi connectivity index (χ2n) is 7.77. The number of amides is 1. The number of methoxy groups -OCH3 is 1. The van der Waals surface area contributed by atoms with Crippen LogP contribution in [0.3, 0.4) is 0 Å². The number of piperazine rings is 1. The summed E-state index contributed by atoms with van der Waals surface area (Å²) in [5.74, 6) is 0.792. The molecular formula is C25H23ClN4O2. The lowest BCUT2D eigenvalue weighted by Gasteiger charge is -2.35. The van der Waals surface area contributed by atoms with E-state index in [-0.39, 0.29) is 5.91 Å². The topological polar surface area (TPSA) is 50.1 Å². The number of benzene rings is 2. The Morgan fingerprint density at radius 2 is 1.78 bits per heavy atom. The molecule has 1 amide bonds. The van der Waals surface area contributed by atoms with Gasteiger partial charge in [0.25, 0.3) is 5.91 Å². The molecule has 162 valence electrons. The number of ether oxygens (including phenoxy) is 1. The Kier molecular flexibility index (Phi) is 5.45. The molecule has 32 heavy (non-hydrogen) atoms. The predicted octanol–water partition coefficient (Wildman–Crippen LogP) is 4.63. The third-order valence-corrected chi connectivity index (χ3v) is 6.17. The average Bonchev–Trinajstić information content (AvgIpc) is 3.27. The Morgan fingerprint density at radius 3 is 2.56 bits per heavy atom. The number of hydrogen-bond donors (Lipinski definition) is 0. The van der Waals surface area contributed by atoms with Crippen molar-refractivity contribution in [1.29, 1.82) is 0 Å². The minimum Gasteiger partial charge on any atom is -0.497 e. The van der Waals surface area contributed by atoms with Crippen LogP contribution >= 0.6 is 11.6 Å². The summed E-state index contributed by atoms with van der Waals surface area (Å²) in [6.45, 7) is 2.83. The number of pyridine rings is 1. The minimum absolute atomic E-state index is 0.0433. The average molecular weight is 447 g/mol. The van der Waals surface area contributed by atoms with Gasteiger partial charge in [0.1, 0.15) is 17.1 Å². The highest BCUT2D eigenvalue weighted by Crippen LogP contribution is 2.28. The van der Waals surface area contributed by atoms with Crippen LogP contribution in [0.4, 0.5) is 5.69 Å². The number of aromatic nitrogens is 2. The Balaban J connectivity index is 1.31. The van der Waals surface area contributed by atoms with E-state index in [1.807, 2.05) is 70.1 Å². The van der Waals surface area contributed by atoms with Crippen molar-refractivity contribution in [1.82, 2.24) is 14.3 Å². The van der Waals surface area contributed by atoms with Crippen molar-refractivity contribution >= 4 is 28.8 Å². The van der Waals surface area contributed by atoms with E-state index >= 15 is 0 Å². The van der Waals surface area contributed by atoms with Crippen molar-refractivity contribution in [2.24, 2.45) is 0 Å². The fourth-order valence-corrected chi connectivity index (χ4v) is 4.33. The number of fused-ring (bicyclic) bond motifs is 1. The maximum atomic E-state index is 13.1. The highest BCUT2D eigenvalue weighted by molar-refractivity contribution is 6.33. The SMILES string of the molecule is COc1cccc(N2CCN(C(=O)c3cn4cc(-c5ccccc5Cl)ccc4n3)CC2)c1. The van der Waals surface area contributed by atoms with Gasteiger partial charge in [-0.2, -0.15) is 0 Å². The van der Waals surface area contributed by atoms with E-state index in [4.69, 9.17) is 16.3 Å². The quantitative estimate of drug-likeness (QED) is 0.458. The molecule has 1 fully saturated rings. The van der Waals surface area contributed by atoms with Crippen molar-refractivity contribution in [3.8, 4) is 16.9 Å². The monoisotopic (exact) mass is 446 g/mol. The zero-order chi connectivity index (χ0) is 22.1. The summed E-state index contributed by atoms with van der Waals surface area (Å²) in [4.78, 5) is 21.8. The number of carbonyl (C=O) groups excluding carboxylic acids is 1. The smallest absolute Gasteiger partial charge is 0.274 e. The fourth-order valence-electron chi connectivity index (χ4n) is 4.09. The number of carbonyl (C=O) groups is 1. The number of halogens is 1. The van der Waals surface area contributed by atoms with Crippen LogP contribution in [-0.2, 0) is 0 Å². The molecule has 7 heteroatoms. The van der Waals surface area contributed by atoms with Crippen molar-refractivity contribution < 1.29 is 9.53 Å². The van der Waals surface area contributed by atoms with Gasteiger partial charge in [-0.15, -0.1) is 0 Å². The molecule has 6 nitrogen and oxygen atoms in total. The summed E-state index contributed by atoms with van der Waals surface area (Å²) >= 11 is 6.34. The van der Waals surface area contributed by atoms with Crippen LogP contribution in [0.15, 0.2) is 73.1 Å². The number of rotatable bonds is 4. The molecule has 0 atom stereocenters. The molecular weight excluding hydrogens is 424 g/mol. The van der Waals surface area contributed by atoms with Crippen LogP contribution in [0.1, 0.15) is 10.5 Å². The fraction of sp³-hybridized carbons (Fsp3) is 0.200. The van der Waals surface area contributed by atoms with E-state index in [2.05, 4.69) is 16.0 Å². The number of imidazole rings is 1. The van der Waals surface area contributed by atoms with Gasteiger partial charge in [-0.25, -0.2) is 4.98 Å². The molecule has 0 bridgehead atoms. The van der Waals surface area contributed by atoms with Gasteiger partial charge in [-0.3, -0.25) is 4.79 Å². The van der Waals surface area contributed by atoms with E-state index in [0.29, 0.717) is 23.8 Å². The van der Waals surface area contributed by atoms with Gasteiger partial charge in [0.15, 0.2) is 0 Å². The second kappa shape index (κ2) is 8.55. The molecule has 0 spiro atoms. The Morgan fingerprint density at radius 1 is 0.969 bits per heavy atom. The molecule has 0 N–H and O–H groups in total. The van der Waals surface area contributed by atoms with Gasteiger partial charge >= 0.3 is 0 Å². The van der Waals surface area contributed by atoms with Crippen LogP contribution in [0.5, 0.6) is 5.75 Å². The maximum Gasteiger partial charge on any atom is 0.274 e. The van der Waals surface area contributed by atoms with E-state index < -0.39 is 0 Å². The largest absolute Gasteiger partial charge is 0.497 e. The summed E-state index contributed by atoms with van der Waals surface area (Å²) < 4.78 is 7.21. The Bertz CT molecular complexity index is 1280. The van der Waals surface area contributed by atoms with Crippen molar-refractivity contribution in [2.75, 3.05) is 38.2 Å². The lowest BCUT2D eigenvalue weighted by molar-refractivity contribution is 0.0741. The number of nitrogens with zero attached hydrogens (tertiary/aromatic N) is 4. The molecule has 0 radical (unpaired) electrons. The molecule has 0 unspecified atom stereocenters. The summed E-state index contributed by atoms with van der Waals surface area (Å²) in [7, 11) is 1.67. The summed E-state index contributed by atoms with van der Waals surface area (Å²) in [5, 5.41) is 0.692. The van der Waals surface area contributed by atoms with E-state index in [0.717, 1.165) is 41.3 Å². The predicted molar refractivity (Wildman–Crippen MR) is 127 cm³/mol. The summed E-state index contributed by atoms with van der Waals surface area (Å²) in [5.41, 5.74) is 4.23. The number of anilines is 1. The molecule has 5 rings (SSSR count). The first-order valence-electron chi connectivity index (χ1n) is 10.5. The van der Waals surface area contributed by atoms with Crippen LogP contribution in [0.2, 0.25) is 5.02 Å².